The zero-order chi connectivity index (χ0) is 28.8. The van der Waals surface area contributed by atoms with E-state index >= 15 is 0 Å². The highest BCUT2D eigenvalue weighted by molar-refractivity contribution is 5.75. The number of aliphatic hydroxyl groups excluding tert-OH is 1. The average molecular weight is 541 g/mol. The minimum atomic E-state index is -2.10. The number of carbonyl (C=O) groups is 4. The highest BCUT2D eigenvalue weighted by atomic mass is 16.7. The van der Waals surface area contributed by atoms with Gasteiger partial charge in [0, 0.05) is 25.3 Å². The lowest BCUT2D eigenvalue weighted by molar-refractivity contribution is -0.222. The molecule has 1 aliphatic heterocycles. The van der Waals surface area contributed by atoms with Crippen LogP contribution in [0.1, 0.15) is 61.3 Å². The van der Waals surface area contributed by atoms with Crippen LogP contribution in [0.25, 0.3) is 0 Å². The standard InChI is InChI=1S/C27H40O11/c1-14(2)8-21(29)36-13-27(33)20(37-22(30)9-15(3)4)10-19-18(11-34-17(7)28)12-35-26(23(19)27)38-25(32)24(31)16(5)6/h10,12,14-16,20,23-24,26,31,33H,8-9,11,13H2,1-7H3. The van der Waals surface area contributed by atoms with Crippen LogP contribution < -0.4 is 0 Å². The van der Waals surface area contributed by atoms with Crippen molar-refractivity contribution in [2.45, 2.75) is 85.4 Å². The van der Waals surface area contributed by atoms with Gasteiger partial charge >= 0.3 is 23.9 Å². The zero-order valence-corrected chi connectivity index (χ0v) is 23.1. The summed E-state index contributed by atoms with van der Waals surface area (Å²) in [5.41, 5.74) is -1.44. The summed E-state index contributed by atoms with van der Waals surface area (Å²) in [5.74, 6) is -4.41. The molecular weight excluding hydrogens is 500 g/mol. The summed E-state index contributed by atoms with van der Waals surface area (Å²) in [6.45, 7) is 11.0. The zero-order valence-electron chi connectivity index (χ0n) is 23.1. The van der Waals surface area contributed by atoms with E-state index in [-0.39, 0.29) is 31.3 Å². The minimum Gasteiger partial charge on any atom is -0.462 e. The van der Waals surface area contributed by atoms with E-state index in [4.69, 9.17) is 23.7 Å². The predicted molar refractivity (Wildman–Crippen MR) is 133 cm³/mol. The lowest BCUT2D eigenvalue weighted by Crippen LogP contribution is -2.56. The molecule has 2 N–H and O–H groups in total. The van der Waals surface area contributed by atoms with Crippen molar-refractivity contribution in [3.63, 3.8) is 0 Å². The number of esters is 4. The molecule has 1 aliphatic carbocycles. The van der Waals surface area contributed by atoms with E-state index in [9.17, 15) is 29.4 Å². The van der Waals surface area contributed by atoms with Crippen LogP contribution >= 0.6 is 0 Å². The molecule has 11 heteroatoms. The number of ether oxygens (including phenoxy) is 5. The van der Waals surface area contributed by atoms with Crippen LogP contribution in [-0.4, -0.2) is 71.4 Å². The molecule has 5 unspecified atom stereocenters. The molecule has 11 nitrogen and oxygen atoms in total. The van der Waals surface area contributed by atoms with Crippen LogP contribution in [0.3, 0.4) is 0 Å². The Hall–Kier alpha value is -2.92. The third-order valence-corrected chi connectivity index (χ3v) is 6.09. The number of carbonyl (C=O) groups excluding carboxylic acids is 4. The monoisotopic (exact) mass is 540 g/mol. The van der Waals surface area contributed by atoms with E-state index in [0.717, 1.165) is 0 Å². The number of hydrogen-bond donors (Lipinski definition) is 2. The fraction of sp³-hybridized carbons (Fsp3) is 0.704. The van der Waals surface area contributed by atoms with Gasteiger partial charge in [0.15, 0.2) is 17.8 Å². The fourth-order valence-electron chi connectivity index (χ4n) is 4.11. The van der Waals surface area contributed by atoms with Gasteiger partial charge in [0.2, 0.25) is 0 Å². The Morgan fingerprint density at radius 3 is 2.13 bits per heavy atom. The Labute approximate surface area is 223 Å². The number of aliphatic hydroxyl groups is 2. The van der Waals surface area contributed by atoms with Crippen LogP contribution in [0.15, 0.2) is 23.5 Å². The van der Waals surface area contributed by atoms with Crippen molar-refractivity contribution in [1.82, 2.24) is 0 Å². The molecule has 38 heavy (non-hydrogen) atoms. The highest BCUT2D eigenvalue weighted by Gasteiger charge is 2.59. The molecule has 0 spiro atoms. The quantitative estimate of drug-likeness (QED) is 0.276. The van der Waals surface area contributed by atoms with Gasteiger partial charge in [-0.1, -0.05) is 41.5 Å². The van der Waals surface area contributed by atoms with Gasteiger partial charge in [-0.2, -0.15) is 0 Å². The molecule has 2 rings (SSSR count). The van der Waals surface area contributed by atoms with Gasteiger partial charge in [-0.15, -0.1) is 0 Å². The van der Waals surface area contributed by atoms with Gasteiger partial charge in [0.1, 0.15) is 13.2 Å². The maximum atomic E-state index is 12.6. The van der Waals surface area contributed by atoms with Crippen LogP contribution in [0.2, 0.25) is 0 Å². The first-order valence-electron chi connectivity index (χ1n) is 12.8. The van der Waals surface area contributed by atoms with Crippen LogP contribution in [-0.2, 0) is 42.9 Å². The molecule has 5 atom stereocenters. The molecule has 0 saturated carbocycles. The van der Waals surface area contributed by atoms with Crippen LogP contribution in [0.4, 0.5) is 0 Å². The average Bonchev–Trinajstić information content (AvgIpc) is 3.08. The largest absolute Gasteiger partial charge is 0.462 e. The second-order valence-electron chi connectivity index (χ2n) is 10.9. The van der Waals surface area contributed by atoms with E-state index in [1.54, 1.807) is 13.8 Å². The third kappa shape index (κ3) is 8.04. The van der Waals surface area contributed by atoms with E-state index in [1.165, 1.54) is 19.3 Å². The van der Waals surface area contributed by atoms with E-state index in [1.807, 2.05) is 27.7 Å². The fourth-order valence-corrected chi connectivity index (χ4v) is 4.11. The number of hydrogen-bond acceptors (Lipinski definition) is 11. The van der Waals surface area contributed by atoms with Crippen molar-refractivity contribution in [3.8, 4) is 0 Å². The molecule has 214 valence electrons. The van der Waals surface area contributed by atoms with Gasteiger partial charge in [0.05, 0.1) is 12.2 Å². The van der Waals surface area contributed by atoms with Gasteiger partial charge < -0.3 is 33.9 Å². The summed E-state index contributed by atoms with van der Waals surface area (Å²) in [5, 5.41) is 22.2. The first-order chi connectivity index (χ1) is 17.6. The van der Waals surface area contributed by atoms with Gasteiger partial charge in [-0.25, -0.2) is 4.79 Å². The SMILES string of the molecule is CC(=O)OCC1=COC(OC(=O)C(O)C(C)C)C2C1=CC(OC(=O)CC(C)C)C2(O)COC(=O)CC(C)C. The lowest BCUT2D eigenvalue weighted by atomic mass is 9.82. The Morgan fingerprint density at radius 1 is 0.974 bits per heavy atom. The molecule has 0 fully saturated rings. The smallest absolute Gasteiger partial charge is 0.338 e. The Morgan fingerprint density at radius 2 is 1.58 bits per heavy atom. The minimum absolute atomic E-state index is 0.00317. The maximum Gasteiger partial charge on any atom is 0.338 e. The second kappa shape index (κ2) is 13.2. The number of rotatable bonds is 12. The maximum absolute atomic E-state index is 12.6. The summed E-state index contributed by atoms with van der Waals surface area (Å²) in [6, 6.07) is 0. The molecule has 0 amide bonds. The molecule has 2 aliphatic rings. The first kappa shape index (κ1) is 31.3. The Balaban J connectivity index is 2.48. The molecule has 0 aromatic carbocycles. The van der Waals surface area contributed by atoms with Crippen molar-refractivity contribution < 1.29 is 53.1 Å². The summed E-state index contributed by atoms with van der Waals surface area (Å²) < 4.78 is 27.2. The highest BCUT2D eigenvalue weighted by Crippen LogP contribution is 2.47. The molecule has 1 heterocycles. The van der Waals surface area contributed by atoms with E-state index in [2.05, 4.69) is 0 Å². The third-order valence-electron chi connectivity index (χ3n) is 6.09. The normalized spacial score (nSPS) is 25.2. The van der Waals surface area contributed by atoms with Crippen molar-refractivity contribution in [1.29, 1.82) is 0 Å². The Bertz CT molecular complexity index is 949. The van der Waals surface area contributed by atoms with Crippen LogP contribution in [0, 0.1) is 23.7 Å². The van der Waals surface area contributed by atoms with Crippen molar-refractivity contribution >= 4 is 23.9 Å². The summed E-state index contributed by atoms with van der Waals surface area (Å²) in [6.07, 6.45) is -1.41. The van der Waals surface area contributed by atoms with Gasteiger partial charge in [0.25, 0.3) is 6.29 Å². The first-order valence-corrected chi connectivity index (χ1v) is 12.8. The van der Waals surface area contributed by atoms with Crippen LogP contribution in [0.5, 0.6) is 0 Å². The molecular formula is C27H40O11. The summed E-state index contributed by atoms with van der Waals surface area (Å²) in [7, 11) is 0. The van der Waals surface area contributed by atoms with Crippen molar-refractivity contribution in [2.75, 3.05) is 13.2 Å². The second-order valence-corrected chi connectivity index (χ2v) is 10.9. The van der Waals surface area contributed by atoms with E-state index in [0.29, 0.717) is 11.1 Å². The summed E-state index contributed by atoms with van der Waals surface area (Å²) >= 11 is 0. The van der Waals surface area contributed by atoms with Gasteiger partial charge in [-0.3, -0.25) is 14.4 Å². The molecule has 0 saturated heterocycles. The van der Waals surface area contributed by atoms with Crippen molar-refractivity contribution in [2.24, 2.45) is 23.7 Å². The molecule has 0 aromatic rings. The molecule has 0 radical (unpaired) electrons. The van der Waals surface area contributed by atoms with E-state index < -0.39 is 66.4 Å². The lowest BCUT2D eigenvalue weighted by Gasteiger charge is -2.40. The summed E-state index contributed by atoms with van der Waals surface area (Å²) in [4.78, 5) is 49.0. The Kier molecular flexibility index (Phi) is 10.9. The predicted octanol–water partition coefficient (Wildman–Crippen LogP) is 2.18. The van der Waals surface area contributed by atoms with Crippen molar-refractivity contribution in [3.05, 3.63) is 23.5 Å². The molecule has 0 aromatic heterocycles. The number of fused-ring (bicyclic) bond motifs is 1. The van der Waals surface area contributed by atoms with Gasteiger partial charge in [-0.05, 0) is 29.4 Å². The topological polar surface area (TPSA) is 155 Å². The molecule has 0 bridgehead atoms.